The predicted octanol–water partition coefficient (Wildman–Crippen LogP) is 2.31. The van der Waals surface area contributed by atoms with E-state index in [4.69, 9.17) is 5.11 Å². The van der Waals surface area contributed by atoms with Crippen LogP contribution in [-0.2, 0) is 6.42 Å². The number of allylic oxidation sites excluding steroid dienone is 1. The van der Waals surface area contributed by atoms with Gasteiger partial charge in [0.2, 0.25) is 0 Å². The third-order valence-corrected chi connectivity index (χ3v) is 1.81. The van der Waals surface area contributed by atoms with Crippen molar-refractivity contribution in [1.29, 1.82) is 0 Å². The number of aliphatic hydroxyl groups is 1. The van der Waals surface area contributed by atoms with Crippen molar-refractivity contribution in [3.8, 4) is 0 Å². The van der Waals surface area contributed by atoms with Crippen LogP contribution >= 0.6 is 0 Å². The van der Waals surface area contributed by atoms with Crippen LogP contribution in [0.2, 0.25) is 0 Å². The van der Waals surface area contributed by atoms with Crippen molar-refractivity contribution in [1.82, 2.24) is 0 Å². The Morgan fingerprint density at radius 3 is 2.92 bits per heavy atom. The van der Waals surface area contributed by atoms with E-state index < -0.39 is 0 Å². The second kappa shape index (κ2) is 4.77. The van der Waals surface area contributed by atoms with Crippen LogP contribution in [0.1, 0.15) is 12.5 Å². The third kappa shape index (κ3) is 3.38. The van der Waals surface area contributed by atoms with Crippen molar-refractivity contribution in [2.75, 3.05) is 6.61 Å². The van der Waals surface area contributed by atoms with Crippen molar-refractivity contribution in [2.45, 2.75) is 13.3 Å². The summed E-state index contributed by atoms with van der Waals surface area (Å²) in [6.07, 6.45) is 2.42. The summed E-state index contributed by atoms with van der Waals surface area (Å²) in [6.45, 7) is 1.96. The van der Waals surface area contributed by atoms with Crippen molar-refractivity contribution in [3.05, 3.63) is 47.3 Å². The molecular formula is C11H13FO. The average molecular weight is 180 g/mol. The van der Waals surface area contributed by atoms with Gasteiger partial charge in [-0.25, -0.2) is 4.39 Å². The Hall–Kier alpha value is -1.15. The Morgan fingerprint density at radius 2 is 2.31 bits per heavy atom. The molecular weight excluding hydrogens is 167 g/mol. The fraction of sp³-hybridized carbons (Fsp3) is 0.273. The molecule has 1 N–H and O–H groups in total. The third-order valence-electron chi connectivity index (χ3n) is 1.81. The molecule has 0 atom stereocenters. The van der Waals surface area contributed by atoms with E-state index in [9.17, 15) is 4.39 Å². The zero-order valence-electron chi connectivity index (χ0n) is 7.63. The van der Waals surface area contributed by atoms with Gasteiger partial charge in [-0.2, -0.15) is 0 Å². The predicted molar refractivity (Wildman–Crippen MR) is 50.9 cm³/mol. The molecule has 13 heavy (non-hydrogen) atoms. The highest BCUT2D eigenvalue weighted by atomic mass is 19.1. The summed E-state index contributed by atoms with van der Waals surface area (Å²) in [5, 5.41) is 8.62. The molecule has 70 valence electrons. The standard InChI is InChI=1S/C11H13FO/c1-9(5-6-13)7-10-3-2-4-11(12)8-10/h2-5,8,13H,6-7H2,1H3/b9-5+. The summed E-state index contributed by atoms with van der Waals surface area (Å²) in [4.78, 5) is 0. The zero-order chi connectivity index (χ0) is 9.68. The van der Waals surface area contributed by atoms with Crippen LogP contribution in [0, 0.1) is 5.82 Å². The number of hydrogen-bond acceptors (Lipinski definition) is 1. The van der Waals surface area contributed by atoms with E-state index in [1.165, 1.54) is 12.1 Å². The van der Waals surface area contributed by atoms with Gasteiger partial charge in [0.25, 0.3) is 0 Å². The van der Waals surface area contributed by atoms with Gasteiger partial charge in [-0.3, -0.25) is 0 Å². The smallest absolute Gasteiger partial charge is 0.123 e. The molecule has 0 bridgehead atoms. The molecule has 0 fully saturated rings. The Morgan fingerprint density at radius 1 is 1.54 bits per heavy atom. The number of rotatable bonds is 3. The molecule has 0 aliphatic carbocycles. The number of halogens is 1. The molecule has 1 nitrogen and oxygen atoms in total. The van der Waals surface area contributed by atoms with Crippen LogP contribution in [0.5, 0.6) is 0 Å². The van der Waals surface area contributed by atoms with Gasteiger partial charge in [-0.15, -0.1) is 0 Å². The fourth-order valence-corrected chi connectivity index (χ4v) is 1.20. The Labute approximate surface area is 77.5 Å². The van der Waals surface area contributed by atoms with Crippen LogP contribution in [0.15, 0.2) is 35.9 Å². The SMILES string of the molecule is C/C(=C\CO)Cc1cccc(F)c1. The van der Waals surface area contributed by atoms with Crippen LogP contribution in [0.25, 0.3) is 0 Å². The molecule has 2 heteroatoms. The molecule has 0 amide bonds. The molecule has 1 aromatic carbocycles. The van der Waals surface area contributed by atoms with E-state index in [2.05, 4.69) is 0 Å². The van der Waals surface area contributed by atoms with Crippen LogP contribution in [0.3, 0.4) is 0 Å². The molecule has 0 saturated carbocycles. The summed E-state index contributed by atoms with van der Waals surface area (Å²) in [7, 11) is 0. The molecule has 1 aromatic rings. The van der Waals surface area contributed by atoms with Crippen molar-refractivity contribution >= 4 is 0 Å². The number of aliphatic hydroxyl groups excluding tert-OH is 1. The van der Waals surface area contributed by atoms with Gasteiger partial charge in [0.05, 0.1) is 6.61 Å². The number of benzene rings is 1. The largest absolute Gasteiger partial charge is 0.392 e. The average Bonchev–Trinajstić information content (AvgIpc) is 2.04. The molecule has 0 heterocycles. The summed E-state index contributed by atoms with van der Waals surface area (Å²) < 4.78 is 12.7. The van der Waals surface area contributed by atoms with Gasteiger partial charge in [-0.05, 0) is 31.0 Å². The minimum Gasteiger partial charge on any atom is -0.392 e. The van der Waals surface area contributed by atoms with Crippen molar-refractivity contribution in [3.63, 3.8) is 0 Å². The van der Waals surface area contributed by atoms with E-state index in [0.717, 1.165) is 11.1 Å². The topological polar surface area (TPSA) is 20.2 Å². The van der Waals surface area contributed by atoms with E-state index in [1.807, 2.05) is 13.0 Å². The lowest BCUT2D eigenvalue weighted by Gasteiger charge is -2.01. The molecule has 1 rings (SSSR count). The van der Waals surface area contributed by atoms with Crippen molar-refractivity contribution < 1.29 is 9.50 Å². The second-order valence-electron chi connectivity index (χ2n) is 3.04. The van der Waals surface area contributed by atoms with Gasteiger partial charge in [0.15, 0.2) is 0 Å². The van der Waals surface area contributed by atoms with E-state index in [1.54, 1.807) is 12.1 Å². The Bertz CT molecular complexity index is 305. The monoisotopic (exact) mass is 180 g/mol. The summed E-state index contributed by atoms with van der Waals surface area (Å²) in [5.41, 5.74) is 1.98. The molecule has 0 spiro atoms. The highest BCUT2D eigenvalue weighted by Crippen LogP contribution is 2.08. The molecule has 0 aliphatic rings. The van der Waals surface area contributed by atoms with Crippen LogP contribution in [-0.4, -0.2) is 11.7 Å². The van der Waals surface area contributed by atoms with Crippen molar-refractivity contribution in [2.24, 2.45) is 0 Å². The van der Waals surface area contributed by atoms with E-state index in [-0.39, 0.29) is 12.4 Å². The minimum absolute atomic E-state index is 0.0428. The maximum atomic E-state index is 12.7. The minimum atomic E-state index is -0.214. The zero-order valence-corrected chi connectivity index (χ0v) is 7.63. The first-order valence-electron chi connectivity index (χ1n) is 4.23. The summed E-state index contributed by atoms with van der Waals surface area (Å²) in [6, 6.07) is 6.50. The Kier molecular flexibility index (Phi) is 3.65. The number of hydrogen-bond donors (Lipinski definition) is 1. The lowest BCUT2D eigenvalue weighted by Crippen LogP contribution is -1.89. The maximum absolute atomic E-state index is 12.7. The maximum Gasteiger partial charge on any atom is 0.123 e. The summed E-state index contributed by atoms with van der Waals surface area (Å²) in [5.74, 6) is -0.214. The lowest BCUT2D eigenvalue weighted by molar-refractivity contribution is 0.341. The Balaban J connectivity index is 2.69. The fourth-order valence-electron chi connectivity index (χ4n) is 1.20. The first-order valence-corrected chi connectivity index (χ1v) is 4.23. The first-order chi connectivity index (χ1) is 6.22. The van der Waals surface area contributed by atoms with E-state index in [0.29, 0.717) is 6.42 Å². The molecule has 0 unspecified atom stereocenters. The van der Waals surface area contributed by atoms with Gasteiger partial charge >= 0.3 is 0 Å². The normalized spacial score (nSPS) is 11.8. The lowest BCUT2D eigenvalue weighted by atomic mass is 10.1. The van der Waals surface area contributed by atoms with Gasteiger partial charge in [-0.1, -0.05) is 23.8 Å². The molecule has 0 radical (unpaired) electrons. The van der Waals surface area contributed by atoms with Crippen LogP contribution in [0.4, 0.5) is 4.39 Å². The quantitative estimate of drug-likeness (QED) is 0.708. The van der Waals surface area contributed by atoms with Gasteiger partial charge in [0.1, 0.15) is 5.82 Å². The summed E-state index contributed by atoms with van der Waals surface area (Å²) >= 11 is 0. The molecule has 0 saturated heterocycles. The highest BCUT2D eigenvalue weighted by Gasteiger charge is 1.95. The second-order valence-corrected chi connectivity index (χ2v) is 3.04. The van der Waals surface area contributed by atoms with Gasteiger partial charge < -0.3 is 5.11 Å². The van der Waals surface area contributed by atoms with Gasteiger partial charge in [0, 0.05) is 0 Å². The first kappa shape index (κ1) is 9.93. The van der Waals surface area contributed by atoms with Crippen LogP contribution < -0.4 is 0 Å². The van der Waals surface area contributed by atoms with E-state index >= 15 is 0 Å². The molecule has 0 aliphatic heterocycles. The highest BCUT2D eigenvalue weighted by molar-refractivity contribution is 5.21. The molecule has 0 aromatic heterocycles.